The number of hydrogen-bond acceptors (Lipinski definition) is 2. The molecule has 182 valence electrons. The molecule has 0 aliphatic carbocycles. The zero-order chi connectivity index (χ0) is 25.4. The molecule has 0 radical (unpaired) electrons. The largest absolute Gasteiger partial charge is 0.452 e. The van der Waals surface area contributed by atoms with Crippen molar-refractivity contribution in [3.05, 3.63) is 127 Å². The first kappa shape index (κ1) is 21.3. The van der Waals surface area contributed by atoms with Gasteiger partial charge in [0.05, 0.1) is 22.2 Å². The molecule has 0 amide bonds. The summed E-state index contributed by atoms with van der Waals surface area (Å²) in [5.41, 5.74) is 6.46. The topological polar surface area (TPSA) is 32.0 Å². The minimum Gasteiger partial charge on any atom is -0.452 e. The van der Waals surface area contributed by atoms with E-state index in [1.54, 1.807) is 0 Å². The minimum absolute atomic E-state index is 0.322. The van der Waals surface area contributed by atoms with Gasteiger partial charge >= 0.3 is 0 Å². The summed E-state index contributed by atoms with van der Waals surface area (Å²) in [5, 5.41) is 3.47. The molecule has 4 nitrogen and oxygen atoms in total. The maximum absolute atomic E-state index is 7.06. The van der Waals surface area contributed by atoms with Crippen LogP contribution in [-0.4, -0.2) is 14.1 Å². The van der Waals surface area contributed by atoms with Gasteiger partial charge in [0.1, 0.15) is 5.82 Å². The summed E-state index contributed by atoms with van der Waals surface area (Å²) < 4.78 is 11.7. The Hall–Kier alpha value is -4.83. The van der Waals surface area contributed by atoms with Crippen LogP contribution in [0.2, 0.25) is 0 Å². The van der Waals surface area contributed by atoms with Crippen molar-refractivity contribution in [2.75, 3.05) is 0 Å². The van der Waals surface area contributed by atoms with Gasteiger partial charge in [-0.3, -0.25) is 4.57 Å². The summed E-state index contributed by atoms with van der Waals surface area (Å²) in [4.78, 5) is 4.75. The number of hydrogen-bond donors (Lipinski definition) is 0. The van der Waals surface area contributed by atoms with Crippen LogP contribution in [0.1, 0.15) is 25.1 Å². The van der Waals surface area contributed by atoms with Crippen LogP contribution >= 0.6 is 0 Å². The Kier molecular flexibility index (Phi) is 4.25. The van der Waals surface area contributed by atoms with E-state index in [0.29, 0.717) is 0 Å². The van der Waals surface area contributed by atoms with Crippen molar-refractivity contribution in [3.8, 4) is 23.0 Å². The summed E-state index contributed by atoms with van der Waals surface area (Å²) in [6, 6.07) is 38.2. The Morgan fingerprint density at radius 2 is 1.29 bits per heavy atom. The number of benzene rings is 4. The van der Waals surface area contributed by atoms with Gasteiger partial charge < -0.3 is 9.30 Å². The van der Waals surface area contributed by atoms with Gasteiger partial charge in [-0.1, -0.05) is 66.7 Å². The Bertz CT molecular complexity index is 2010. The molecular formula is C34H25N3O. The molecular weight excluding hydrogens is 466 g/mol. The van der Waals surface area contributed by atoms with Crippen molar-refractivity contribution < 1.29 is 4.74 Å². The summed E-state index contributed by atoms with van der Waals surface area (Å²) in [6.07, 6.45) is 1.85. The second-order valence-electron chi connectivity index (χ2n) is 10.5. The van der Waals surface area contributed by atoms with E-state index in [4.69, 9.17) is 9.72 Å². The molecule has 8 rings (SSSR count). The van der Waals surface area contributed by atoms with Gasteiger partial charge in [-0.05, 0) is 56.3 Å². The van der Waals surface area contributed by atoms with E-state index >= 15 is 0 Å². The zero-order valence-electron chi connectivity index (χ0n) is 21.2. The second kappa shape index (κ2) is 7.59. The molecule has 0 unspecified atom stereocenters. The van der Waals surface area contributed by atoms with Gasteiger partial charge in [0.15, 0.2) is 11.5 Å². The predicted octanol–water partition coefficient (Wildman–Crippen LogP) is 8.55. The molecule has 0 N–H and O–H groups in total. The molecule has 4 heterocycles. The predicted molar refractivity (Wildman–Crippen MR) is 154 cm³/mol. The number of rotatable bonds is 2. The SMILES string of the molecule is CC1(C)c2ccc3c4ccccc4n(-c4ccccn4)c3c2Oc2c1n(-c1ccccc1)c1ccccc21. The van der Waals surface area contributed by atoms with Crippen LogP contribution in [0.5, 0.6) is 11.5 Å². The van der Waals surface area contributed by atoms with Gasteiger partial charge in [0.25, 0.3) is 0 Å². The fraction of sp³-hybridized carbons (Fsp3) is 0.0882. The highest BCUT2D eigenvalue weighted by Gasteiger charge is 2.41. The quantitative estimate of drug-likeness (QED) is 0.243. The number of fused-ring (bicyclic) bond motifs is 8. The van der Waals surface area contributed by atoms with E-state index in [1.165, 1.54) is 5.39 Å². The maximum atomic E-state index is 7.06. The summed E-state index contributed by atoms with van der Waals surface area (Å²) in [5.74, 6) is 2.70. The molecule has 0 atom stereocenters. The lowest BCUT2D eigenvalue weighted by Gasteiger charge is -2.34. The highest BCUT2D eigenvalue weighted by Crippen LogP contribution is 2.55. The van der Waals surface area contributed by atoms with Crippen molar-refractivity contribution in [2.24, 2.45) is 0 Å². The molecule has 4 heteroatoms. The lowest BCUT2D eigenvalue weighted by molar-refractivity contribution is 0.417. The van der Waals surface area contributed by atoms with Crippen LogP contribution in [0.15, 0.2) is 115 Å². The average molecular weight is 492 g/mol. The van der Waals surface area contributed by atoms with Crippen LogP contribution in [0.25, 0.3) is 44.2 Å². The van der Waals surface area contributed by atoms with Crippen molar-refractivity contribution in [3.63, 3.8) is 0 Å². The molecule has 0 fully saturated rings. The number of aromatic nitrogens is 3. The van der Waals surface area contributed by atoms with Gasteiger partial charge in [-0.2, -0.15) is 0 Å². The van der Waals surface area contributed by atoms with Crippen LogP contribution < -0.4 is 4.74 Å². The molecule has 0 saturated heterocycles. The lowest BCUT2D eigenvalue weighted by atomic mass is 9.78. The normalized spacial score (nSPS) is 13.9. The van der Waals surface area contributed by atoms with Gasteiger partial charge in [-0.25, -0.2) is 4.98 Å². The zero-order valence-corrected chi connectivity index (χ0v) is 21.2. The summed E-state index contributed by atoms with van der Waals surface area (Å²) in [7, 11) is 0. The molecule has 4 aromatic carbocycles. The smallest absolute Gasteiger partial charge is 0.157 e. The summed E-state index contributed by atoms with van der Waals surface area (Å²) in [6.45, 7) is 4.62. The third-order valence-corrected chi connectivity index (χ3v) is 7.98. The molecule has 0 saturated carbocycles. The third kappa shape index (κ3) is 2.72. The molecule has 0 spiro atoms. The van der Waals surface area contributed by atoms with Gasteiger partial charge in [-0.15, -0.1) is 0 Å². The molecule has 1 aliphatic rings. The van der Waals surface area contributed by atoms with E-state index in [1.807, 2.05) is 18.3 Å². The highest BCUT2D eigenvalue weighted by atomic mass is 16.5. The van der Waals surface area contributed by atoms with Crippen LogP contribution in [0.4, 0.5) is 0 Å². The first-order chi connectivity index (χ1) is 18.6. The standard InChI is InChI=1S/C34H25N3O/c1-34(2)26-20-19-24-23-14-6-8-16-27(23)37(29-18-10-11-21-35-29)30(24)32(26)38-31-25-15-7-9-17-28(25)36(33(31)34)22-12-4-3-5-13-22/h3-21H,1-2H3. The Morgan fingerprint density at radius 3 is 2.05 bits per heavy atom. The number of pyridine rings is 1. The van der Waals surface area contributed by atoms with E-state index in [2.05, 4.69) is 120 Å². The highest BCUT2D eigenvalue weighted by molar-refractivity contribution is 6.12. The Balaban J connectivity index is 1.51. The molecule has 1 aliphatic heterocycles. The fourth-order valence-corrected chi connectivity index (χ4v) is 6.30. The second-order valence-corrected chi connectivity index (χ2v) is 10.5. The molecule has 3 aromatic heterocycles. The Morgan fingerprint density at radius 1 is 0.605 bits per heavy atom. The molecule has 0 bridgehead atoms. The van der Waals surface area contributed by atoms with Crippen molar-refractivity contribution in [2.45, 2.75) is 19.3 Å². The van der Waals surface area contributed by atoms with Crippen molar-refractivity contribution >= 4 is 32.7 Å². The molecule has 38 heavy (non-hydrogen) atoms. The maximum Gasteiger partial charge on any atom is 0.157 e. The van der Waals surface area contributed by atoms with Crippen LogP contribution in [-0.2, 0) is 5.41 Å². The van der Waals surface area contributed by atoms with Gasteiger partial charge in [0, 0.05) is 39.0 Å². The Labute approximate surface area is 220 Å². The third-order valence-electron chi connectivity index (χ3n) is 7.98. The first-order valence-corrected chi connectivity index (χ1v) is 13.0. The first-order valence-electron chi connectivity index (χ1n) is 13.0. The lowest BCUT2D eigenvalue weighted by Crippen LogP contribution is -2.27. The molecule has 7 aromatic rings. The fourth-order valence-electron chi connectivity index (χ4n) is 6.30. The average Bonchev–Trinajstić information content (AvgIpc) is 3.48. The van der Waals surface area contributed by atoms with Gasteiger partial charge in [0.2, 0.25) is 0 Å². The van der Waals surface area contributed by atoms with E-state index < -0.39 is 0 Å². The number of nitrogens with zero attached hydrogens (tertiary/aromatic N) is 3. The van der Waals surface area contributed by atoms with E-state index in [9.17, 15) is 0 Å². The monoisotopic (exact) mass is 491 g/mol. The van der Waals surface area contributed by atoms with Crippen molar-refractivity contribution in [1.29, 1.82) is 0 Å². The number of para-hydroxylation sites is 3. The van der Waals surface area contributed by atoms with Crippen LogP contribution in [0, 0.1) is 0 Å². The van der Waals surface area contributed by atoms with Crippen molar-refractivity contribution in [1.82, 2.24) is 14.1 Å². The van der Waals surface area contributed by atoms with Crippen LogP contribution in [0.3, 0.4) is 0 Å². The number of ether oxygens (including phenoxy) is 1. The summed E-state index contributed by atoms with van der Waals surface area (Å²) >= 11 is 0. The van der Waals surface area contributed by atoms with E-state index in [0.717, 1.165) is 61.6 Å². The van der Waals surface area contributed by atoms with E-state index in [-0.39, 0.29) is 5.41 Å². The minimum atomic E-state index is -0.322.